The Morgan fingerprint density at radius 2 is 1.89 bits per heavy atom. The molecule has 5 rings (SSSR count). The number of anilines is 1. The number of sulfone groups is 1. The number of pyridine rings is 1. The lowest BCUT2D eigenvalue weighted by atomic mass is 9.80. The molecule has 1 unspecified atom stereocenters. The average molecular weight is 577 g/mol. The Morgan fingerprint density at radius 1 is 1.16 bits per heavy atom. The Balaban J connectivity index is 1.53. The van der Waals surface area contributed by atoms with Gasteiger partial charge in [-0.05, 0) is 55.7 Å². The van der Waals surface area contributed by atoms with Gasteiger partial charge < -0.3 is 10.6 Å². The number of benzene rings is 2. The average Bonchev–Trinajstić information content (AvgIpc) is 3.65. The van der Waals surface area contributed by atoms with E-state index in [0.29, 0.717) is 16.5 Å². The second-order valence-corrected chi connectivity index (χ2v) is 14.2. The van der Waals surface area contributed by atoms with E-state index in [9.17, 15) is 26.4 Å². The van der Waals surface area contributed by atoms with E-state index in [0.717, 1.165) is 23.4 Å². The molecule has 2 N–H and O–H groups in total. The molecule has 2 aliphatic rings. The highest BCUT2D eigenvalue weighted by Crippen LogP contribution is 2.40. The van der Waals surface area contributed by atoms with Gasteiger partial charge in [-0.25, -0.2) is 16.8 Å². The Bertz CT molecular complexity index is 1710. The summed E-state index contributed by atoms with van der Waals surface area (Å²) in [5.41, 5.74) is -0.877. The van der Waals surface area contributed by atoms with Crippen LogP contribution < -0.4 is 10.6 Å². The number of nitrogens with zero attached hydrogens (tertiary/aromatic N) is 2. The molecule has 1 atom stereocenters. The van der Waals surface area contributed by atoms with Gasteiger partial charge in [-0.2, -0.15) is 4.31 Å². The van der Waals surface area contributed by atoms with Crippen LogP contribution in [0.1, 0.15) is 25.3 Å². The van der Waals surface area contributed by atoms with E-state index in [4.69, 9.17) is 11.6 Å². The predicted octanol–water partition coefficient (Wildman–Crippen LogP) is 2.47. The Hall–Kier alpha value is -3.06. The van der Waals surface area contributed by atoms with Crippen LogP contribution in [-0.4, -0.2) is 63.3 Å². The molecule has 1 aliphatic heterocycles. The first kappa shape index (κ1) is 26.5. The van der Waals surface area contributed by atoms with Crippen molar-refractivity contribution in [1.82, 2.24) is 14.6 Å². The molecule has 10 nitrogen and oxygen atoms in total. The quantitative estimate of drug-likeness (QED) is 0.459. The van der Waals surface area contributed by atoms with Gasteiger partial charge in [-0.3, -0.25) is 14.6 Å². The Kier molecular flexibility index (Phi) is 6.49. The van der Waals surface area contributed by atoms with Gasteiger partial charge in [0, 0.05) is 40.8 Å². The summed E-state index contributed by atoms with van der Waals surface area (Å²) in [6, 6.07) is 8.77. The van der Waals surface area contributed by atoms with Crippen molar-refractivity contribution < 1.29 is 26.4 Å². The van der Waals surface area contributed by atoms with Crippen LogP contribution in [0, 0.1) is 0 Å². The van der Waals surface area contributed by atoms with E-state index >= 15 is 0 Å². The molecule has 0 radical (unpaired) electrons. The number of amides is 2. The van der Waals surface area contributed by atoms with Crippen LogP contribution in [0.5, 0.6) is 0 Å². The molecule has 0 bridgehead atoms. The first-order valence-electron chi connectivity index (χ1n) is 11.8. The summed E-state index contributed by atoms with van der Waals surface area (Å²) >= 11 is 6.21. The third-order valence-electron chi connectivity index (χ3n) is 6.82. The van der Waals surface area contributed by atoms with Gasteiger partial charge in [0.15, 0.2) is 9.84 Å². The monoisotopic (exact) mass is 576 g/mol. The summed E-state index contributed by atoms with van der Waals surface area (Å²) < 4.78 is 51.8. The number of rotatable bonds is 6. The molecule has 3 aromatic rings. The molecule has 1 aliphatic carbocycles. The Morgan fingerprint density at radius 3 is 2.58 bits per heavy atom. The van der Waals surface area contributed by atoms with Crippen molar-refractivity contribution in [3.8, 4) is 0 Å². The number of hydrogen-bond donors (Lipinski definition) is 2. The van der Waals surface area contributed by atoms with Crippen LogP contribution in [0.3, 0.4) is 0 Å². The van der Waals surface area contributed by atoms with Crippen LogP contribution in [-0.2, 0) is 34.9 Å². The van der Waals surface area contributed by atoms with Crippen LogP contribution in [0.4, 0.5) is 5.69 Å². The van der Waals surface area contributed by atoms with Gasteiger partial charge in [0.25, 0.3) is 0 Å². The van der Waals surface area contributed by atoms with Crippen molar-refractivity contribution in [3.63, 3.8) is 0 Å². The zero-order valence-electron chi connectivity index (χ0n) is 20.6. The summed E-state index contributed by atoms with van der Waals surface area (Å²) in [5, 5.41) is 6.95. The van der Waals surface area contributed by atoms with Gasteiger partial charge in [0.05, 0.1) is 33.6 Å². The molecule has 2 aromatic carbocycles. The van der Waals surface area contributed by atoms with Gasteiger partial charge in [0.2, 0.25) is 21.8 Å². The van der Waals surface area contributed by atoms with Gasteiger partial charge >= 0.3 is 0 Å². The minimum Gasteiger partial charge on any atom is -0.352 e. The van der Waals surface area contributed by atoms with Crippen molar-refractivity contribution in [3.05, 3.63) is 59.4 Å². The number of fused-ring (bicyclic) bond motifs is 2. The second-order valence-electron chi connectivity index (χ2n) is 9.88. The maximum absolute atomic E-state index is 13.9. The molecular formula is C25H25ClN4O6S2. The zero-order valence-corrected chi connectivity index (χ0v) is 23.0. The van der Waals surface area contributed by atoms with Crippen molar-refractivity contribution >= 4 is 59.7 Å². The normalized spacial score (nSPS) is 21.0. The highest BCUT2D eigenvalue weighted by molar-refractivity contribution is 7.90. The molecule has 13 heteroatoms. The van der Waals surface area contributed by atoms with E-state index in [1.54, 1.807) is 13.0 Å². The standard InChI is InChI=1S/C25H25ClN4O6S2/c1-25(24(32)29-21-12-27-11-15-9-18(37(2,33)34)6-7-19(15)21)14-30(13-23(31)28-17-4-5-17)38(35,36)22-8-3-16(26)10-20(22)25/h3,6-12,17H,4-5,13-14H2,1-2H3,(H,28,31)(H,29,32). The fraction of sp³-hybridized carbons (Fsp3) is 0.320. The number of sulfonamides is 1. The molecule has 38 heavy (non-hydrogen) atoms. The number of carbonyl (C=O) groups is 2. The molecule has 0 spiro atoms. The van der Waals surface area contributed by atoms with Gasteiger partial charge in [0.1, 0.15) is 0 Å². The second kappa shape index (κ2) is 9.30. The van der Waals surface area contributed by atoms with Crippen LogP contribution in [0.15, 0.2) is 58.6 Å². The minimum atomic E-state index is -4.08. The zero-order chi connectivity index (χ0) is 27.5. The third-order valence-corrected chi connectivity index (χ3v) is 10.0. The minimum absolute atomic E-state index is 0.0536. The van der Waals surface area contributed by atoms with E-state index in [1.165, 1.54) is 42.7 Å². The molecule has 0 saturated heterocycles. The largest absolute Gasteiger partial charge is 0.352 e. The lowest BCUT2D eigenvalue weighted by Gasteiger charge is -2.40. The van der Waals surface area contributed by atoms with Crippen molar-refractivity contribution in [2.24, 2.45) is 0 Å². The number of hydrogen-bond acceptors (Lipinski definition) is 7. The molecule has 1 aromatic heterocycles. The summed E-state index contributed by atoms with van der Waals surface area (Å²) in [4.78, 5) is 30.6. The maximum Gasteiger partial charge on any atom is 0.243 e. The first-order valence-corrected chi connectivity index (χ1v) is 15.5. The molecule has 2 amide bonds. The van der Waals surface area contributed by atoms with E-state index in [-0.39, 0.29) is 33.0 Å². The topological polar surface area (TPSA) is 143 Å². The van der Waals surface area contributed by atoms with Crippen LogP contribution in [0.25, 0.3) is 10.8 Å². The summed E-state index contributed by atoms with van der Waals surface area (Å²) in [6.07, 6.45) is 5.73. The van der Waals surface area contributed by atoms with E-state index < -0.39 is 43.6 Å². The van der Waals surface area contributed by atoms with Gasteiger partial charge in [-0.15, -0.1) is 0 Å². The summed E-state index contributed by atoms with van der Waals surface area (Å²) in [5.74, 6) is -0.971. The van der Waals surface area contributed by atoms with Crippen LogP contribution >= 0.6 is 11.6 Å². The lowest BCUT2D eigenvalue weighted by Crippen LogP contribution is -2.55. The number of nitrogens with one attached hydrogen (secondary N) is 2. The molecule has 1 fully saturated rings. The fourth-order valence-corrected chi connectivity index (χ4v) is 7.19. The highest BCUT2D eigenvalue weighted by atomic mass is 35.5. The Labute approximate surface area is 225 Å². The molecule has 2 heterocycles. The number of halogens is 1. The smallest absolute Gasteiger partial charge is 0.243 e. The molecule has 1 saturated carbocycles. The maximum atomic E-state index is 13.9. The SMILES string of the molecule is CC1(C(=O)Nc2cncc3cc(S(C)(=O)=O)ccc23)CN(CC(=O)NC2CC2)S(=O)(=O)c2ccc(Cl)cc21. The van der Waals surface area contributed by atoms with E-state index in [2.05, 4.69) is 15.6 Å². The van der Waals surface area contributed by atoms with Gasteiger partial charge in [-0.1, -0.05) is 17.7 Å². The third kappa shape index (κ3) is 4.89. The molecule has 200 valence electrons. The lowest BCUT2D eigenvalue weighted by molar-refractivity contribution is -0.124. The summed E-state index contributed by atoms with van der Waals surface area (Å²) in [6.45, 7) is 0.884. The van der Waals surface area contributed by atoms with E-state index in [1.807, 2.05) is 0 Å². The first-order chi connectivity index (χ1) is 17.8. The number of carbonyl (C=O) groups excluding carboxylic acids is 2. The van der Waals surface area contributed by atoms with Crippen molar-refractivity contribution in [1.29, 1.82) is 0 Å². The fourth-order valence-electron chi connectivity index (χ4n) is 4.56. The summed E-state index contributed by atoms with van der Waals surface area (Å²) in [7, 11) is -7.52. The highest BCUT2D eigenvalue weighted by Gasteiger charge is 2.49. The van der Waals surface area contributed by atoms with Crippen LogP contribution in [0.2, 0.25) is 5.02 Å². The molecular weight excluding hydrogens is 552 g/mol. The predicted molar refractivity (Wildman–Crippen MR) is 142 cm³/mol. The van der Waals surface area contributed by atoms with Crippen molar-refractivity contribution in [2.45, 2.75) is 41.0 Å². The van der Waals surface area contributed by atoms with Crippen molar-refractivity contribution in [2.75, 3.05) is 24.7 Å². The number of aromatic nitrogens is 1.